The first-order valence-electron chi connectivity index (χ1n) is 5.05. The van der Waals surface area contributed by atoms with Crippen LogP contribution < -0.4 is 0 Å². The minimum atomic E-state index is 0. The smallest absolute Gasteiger partial charge is 0.0273 e. The zero-order valence-electron chi connectivity index (χ0n) is 8.59. The molecule has 0 nitrogen and oxygen atoms in total. The maximum Gasteiger partial charge on any atom is 0.0273 e. The minimum Gasteiger partial charge on any atom is -0.0721 e. The van der Waals surface area contributed by atoms with Crippen molar-refractivity contribution in [2.45, 2.75) is 26.2 Å². The zero-order chi connectivity index (χ0) is 9.10. The van der Waals surface area contributed by atoms with Gasteiger partial charge >= 0.3 is 0 Å². The van der Waals surface area contributed by atoms with Crippen molar-refractivity contribution >= 4 is 6.08 Å². The molecule has 1 aliphatic carbocycles. The fraction of sp³-hybridized carbons (Fsp3) is 0.308. The van der Waals surface area contributed by atoms with Crippen molar-refractivity contribution in [3.63, 3.8) is 0 Å². The second-order valence-electron chi connectivity index (χ2n) is 3.55. The Labute approximate surface area is 106 Å². The van der Waals surface area contributed by atoms with E-state index in [1.807, 2.05) is 0 Å². The Kier molecular flexibility index (Phi) is 4.82. The van der Waals surface area contributed by atoms with Gasteiger partial charge in [-0.3, -0.25) is 0 Å². The summed E-state index contributed by atoms with van der Waals surface area (Å²) in [5.74, 6) is 1.51. The minimum absolute atomic E-state index is 0. The van der Waals surface area contributed by atoms with Crippen molar-refractivity contribution in [2.24, 2.45) is 0 Å². The maximum atomic E-state index is 2.26. The second-order valence-corrected chi connectivity index (χ2v) is 3.55. The fourth-order valence-corrected chi connectivity index (χ4v) is 1.80. The summed E-state index contributed by atoms with van der Waals surface area (Å²) in [5, 5.41) is 0. The molecule has 1 aromatic carbocycles. The van der Waals surface area contributed by atoms with Gasteiger partial charge in [0.05, 0.1) is 0 Å². The molecule has 1 heteroatoms. The van der Waals surface area contributed by atoms with E-state index in [0.717, 1.165) is 0 Å². The SMILES string of the molecule is CCCC[C]1C=Cc2ccccc21.[Zr]. The molecule has 0 saturated carbocycles. The molecule has 0 fully saturated rings. The van der Waals surface area contributed by atoms with Gasteiger partial charge in [0, 0.05) is 32.1 Å². The number of fused-ring (bicyclic) bond motifs is 1. The van der Waals surface area contributed by atoms with E-state index >= 15 is 0 Å². The molecule has 0 bridgehead atoms. The van der Waals surface area contributed by atoms with Gasteiger partial charge in [0.25, 0.3) is 0 Å². The maximum absolute atomic E-state index is 2.26. The number of rotatable bonds is 3. The molecule has 0 heterocycles. The van der Waals surface area contributed by atoms with Crippen LogP contribution in [0.25, 0.3) is 6.08 Å². The third kappa shape index (κ3) is 2.45. The molecule has 0 atom stereocenters. The monoisotopic (exact) mass is 261 g/mol. The Bertz CT molecular complexity index is 315. The molecule has 14 heavy (non-hydrogen) atoms. The molecule has 1 aromatic rings. The molecule has 0 amide bonds. The van der Waals surface area contributed by atoms with Crippen LogP contribution in [0.15, 0.2) is 30.3 Å². The summed E-state index contributed by atoms with van der Waals surface area (Å²) in [5.41, 5.74) is 2.82. The van der Waals surface area contributed by atoms with Crippen molar-refractivity contribution in [2.75, 3.05) is 0 Å². The van der Waals surface area contributed by atoms with Crippen molar-refractivity contribution in [3.05, 3.63) is 47.4 Å². The molecular formula is C13H15Zr. The standard InChI is InChI=1S/C13H15.Zr/c1-2-3-6-11-9-10-12-7-4-5-8-13(11)12;/h4-5,7-10H,2-3,6H2,1H3;. The number of hydrogen-bond donors (Lipinski definition) is 0. The quantitative estimate of drug-likeness (QED) is 0.777. The van der Waals surface area contributed by atoms with Crippen LogP contribution in [0.2, 0.25) is 0 Å². The molecule has 0 aliphatic heterocycles. The average molecular weight is 262 g/mol. The number of hydrogen-bond acceptors (Lipinski definition) is 0. The number of allylic oxidation sites excluding steroid dienone is 1. The van der Waals surface area contributed by atoms with Gasteiger partial charge in [-0.25, -0.2) is 0 Å². The Hall–Kier alpha value is -0.157. The Morgan fingerprint density at radius 3 is 2.64 bits per heavy atom. The topological polar surface area (TPSA) is 0 Å². The molecule has 71 valence electrons. The summed E-state index contributed by atoms with van der Waals surface area (Å²) in [6.45, 7) is 2.24. The molecule has 0 aromatic heterocycles. The van der Waals surface area contributed by atoms with Crippen LogP contribution in [0.3, 0.4) is 0 Å². The van der Waals surface area contributed by atoms with Crippen LogP contribution in [0, 0.1) is 5.92 Å². The van der Waals surface area contributed by atoms with Gasteiger partial charge in [-0.1, -0.05) is 56.2 Å². The van der Waals surface area contributed by atoms with Gasteiger partial charge in [-0.2, -0.15) is 0 Å². The number of benzene rings is 1. The van der Waals surface area contributed by atoms with Gasteiger partial charge in [-0.15, -0.1) is 0 Å². The van der Waals surface area contributed by atoms with E-state index in [1.165, 1.54) is 36.3 Å². The van der Waals surface area contributed by atoms with Crippen LogP contribution >= 0.6 is 0 Å². The van der Waals surface area contributed by atoms with Crippen molar-refractivity contribution < 1.29 is 26.2 Å². The number of unbranched alkanes of at least 4 members (excludes halogenated alkanes) is 1. The molecule has 0 spiro atoms. The summed E-state index contributed by atoms with van der Waals surface area (Å²) >= 11 is 0. The largest absolute Gasteiger partial charge is 0.0721 e. The summed E-state index contributed by atoms with van der Waals surface area (Å²) in [7, 11) is 0. The molecule has 0 unspecified atom stereocenters. The third-order valence-corrected chi connectivity index (χ3v) is 2.57. The molecule has 0 N–H and O–H groups in total. The van der Waals surface area contributed by atoms with E-state index in [9.17, 15) is 0 Å². The van der Waals surface area contributed by atoms with Crippen molar-refractivity contribution in [1.82, 2.24) is 0 Å². The van der Waals surface area contributed by atoms with Crippen LogP contribution in [0.5, 0.6) is 0 Å². The summed E-state index contributed by atoms with van der Waals surface area (Å²) < 4.78 is 0. The molecule has 1 radical (unpaired) electrons. The Morgan fingerprint density at radius 1 is 1.07 bits per heavy atom. The third-order valence-electron chi connectivity index (χ3n) is 2.57. The van der Waals surface area contributed by atoms with Gasteiger partial charge in [-0.05, 0) is 17.5 Å². The van der Waals surface area contributed by atoms with E-state index in [2.05, 4.69) is 43.3 Å². The molecule has 2 rings (SSSR count). The molecular weight excluding hydrogens is 247 g/mol. The van der Waals surface area contributed by atoms with Crippen LogP contribution in [0.4, 0.5) is 0 Å². The van der Waals surface area contributed by atoms with Gasteiger partial charge in [0.15, 0.2) is 0 Å². The Morgan fingerprint density at radius 2 is 1.86 bits per heavy atom. The van der Waals surface area contributed by atoms with Gasteiger partial charge in [0.1, 0.15) is 0 Å². The van der Waals surface area contributed by atoms with Crippen LogP contribution in [-0.4, -0.2) is 0 Å². The first-order valence-corrected chi connectivity index (χ1v) is 5.05. The average Bonchev–Trinajstić information content (AvgIpc) is 2.58. The van der Waals surface area contributed by atoms with E-state index in [-0.39, 0.29) is 26.2 Å². The van der Waals surface area contributed by atoms with Crippen molar-refractivity contribution in [1.29, 1.82) is 0 Å². The zero-order valence-corrected chi connectivity index (χ0v) is 11.0. The first kappa shape index (κ1) is 11.9. The molecule has 1 aliphatic rings. The van der Waals surface area contributed by atoms with Gasteiger partial charge < -0.3 is 0 Å². The first-order chi connectivity index (χ1) is 6.42. The van der Waals surface area contributed by atoms with E-state index < -0.39 is 0 Å². The van der Waals surface area contributed by atoms with Gasteiger partial charge in [0.2, 0.25) is 0 Å². The molecule has 0 saturated heterocycles. The summed E-state index contributed by atoms with van der Waals surface area (Å²) in [4.78, 5) is 0. The van der Waals surface area contributed by atoms with Crippen molar-refractivity contribution in [3.8, 4) is 0 Å². The Balaban J connectivity index is 0.000000980. The predicted octanol–water partition coefficient (Wildman–Crippen LogP) is 3.82. The van der Waals surface area contributed by atoms with Crippen LogP contribution in [-0.2, 0) is 26.2 Å². The summed E-state index contributed by atoms with van der Waals surface area (Å²) in [6, 6.07) is 8.63. The summed E-state index contributed by atoms with van der Waals surface area (Å²) in [6.07, 6.45) is 8.29. The van der Waals surface area contributed by atoms with E-state index in [4.69, 9.17) is 0 Å². The normalized spacial score (nSPS) is 13.8. The second kappa shape index (κ2) is 5.66. The predicted molar refractivity (Wildman–Crippen MR) is 57.3 cm³/mol. The van der Waals surface area contributed by atoms with E-state index in [1.54, 1.807) is 0 Å². The van der Waals surface area contributed by atoms with Crippen LogP contribution in [0.1, 0.15) is 37.3 Å². The van der Waals surface area contributed by atoms with E-state index in [0.29, 0.717) is 0 Å². The fourth-order valence-electron chi connectivity index (χ4n) is 1.80.